The van der Waals surface area contributed by atoms with E-state index in [0.717, 1.165) is 22.0 Å². The van der Waals surface area contributed by atoms with Crippen LogP contribution in [0.15, 0.2) is 10.5 Å². The van der Waals surface area contributed by atoms with Gasteiger partial charge in [-0.25, -0.2) is 0 Å². The lowest BCUT2D eigenvalue weighted by Crippen LogP contribution is -2.19. The summed E-state index contributed by atoms with van der Waals surface area (Å²) < 4.78 is 11.5. The van der Waals surface area contributed by atoms with Gasteiger partial charge in [-0.1, -0.05) is 22.9 Å². The molecule has 3 nitrogen and oxygen atoms in total. The molecule has 0 radical (unpaired) electrons. The Morgan fingerprint density at radius 2 is 1.88 bits per heavy atom. The Balaban J connectivity index is 3.61. The summed E-state index contributed by atoms with van der Waals surface area (Å²) in [5.74, 6) is 1.36. The number of ether oxygens (including phenoxy) is 2. The number of methoxy groups -OCH3 is 2. The second-order valence-electron chi connectivity index (χ2n) is 4.36. The Hall–Kier alpha value is -0.740. The van der Waals surface area contributed by atoms with Gasteiger partial charge in [0.1, 0.15) is 0 Å². The molecular formula is C13H19BrO3. The minimum absolute atomic E-state index is 0.671. The molecule has 0 fully saturated rings. The first-order chi connectivity index (χ1) is 7.86. The molecule has 0 atom stereocenters. The third kappa shape index (κ3) is 2.75. The maximum atomic E-state index is 10.2. The van der Waals surface area contributed by atoms with Gasteiger partial charge in [-0.2, -0.15) is 0 Å². The summed E-state index contributed by atoms with van der Waals surface area (Å²) in [7, 11) is 3.21. The molecule has 0 spiro atoms. The van der Waals surface area contributed by atoms with Crippen molar-refractivity contribution < 1.29 is 14.6 Å². The molecule has 0 aliphatic heterocycles. The smallest absolute Gasteiger partial charge is 0.164 e. The van der Waals surface area contributed by atoms with Crippen molar-refractivity contribution in [3.05, 3.63) is 21.7 Å². The van der Waals surface area contributed by atoms with Crippen molar-refractivity contribution in [2.75, 3.05) is 14.2 Å². The fraction of sp³-hybridized carbons (Fsp3) is 0.538. The average Bonchev–Trinajstić information content (AvgIpc) is 2.25. The third-order valence-corrected chi connectivity index (χ3v) is 3.31. The van der Waals surface area contributed by atoms with Crippen LogP contribution in [0.1, 0.15) is 31.9 Å². The van der Waals surface area contributed by atoms with E-state index >= 15 is 0 Å². The van der Waals surface area contributed by atoms with E-state index in [4.69, 9.17) is 9.47 Å². The quantitative estimate of drug-likeness (QED) is 0.928. The second-order valence-corrected chi connectivity index (χ2v) is 5.21. The van der Waals surface area contributed by atoms with E-state index in [-0.39, 0.29) is 0 Å². The Labute approximate surface area is 111 Å². The van der Waals surface area contributed by atoms with Crippen molar-refractivity contribution in [1.82, 2.24) is 0 Å². The van der Waals surface area contributed by atoms with Gasteiger partial charge in [0.25, 0.3) is 0 Å². The number of aliphatic hydroxyl groups is 1. The van der Waals surface area contributed by atoms with Gasteiger partial charge in [0.2, 0.25) is 0 Å². The third-order valence-electron chi connectivity index (χ3n) is 2.69. The SMILES string of the molecule is CCc1c(OC)c(OC)cc(Br)c1C(C)(C)O. The summed E-state index contributed by atoms with van der Waals surface area (Å²) in [6.45, 7) is 5.55. The van der Waals surface area contributed by atoms with Crippen molar-refractivity contribution >= 4 is 15.9 Å². The highest BCUT2D eigenvalue weighted by Crippen LogP contribution is 2.42. The minimum Gasteiger partial charge on any atom is -0.493 e. The molecule has 0 aliphatic carbocycles. The van der Waals surface area contributed by atoms with Gasteiger partial charge in [0, 0.05) is 15.6 Å². The summed E-state index contributed by atoms with van der Waals surface area (Å²) in [6, 6.07) is 1.82. The van der Waals surface area contributed by atoms with E-state index in [0.29, 0.717) is 11.5 Å². The summed E-state index contributed by atoms with van der Waals surface area (Å²) in [5, 5.41) is 10.2. The molecule has 0 saturated heterocycles. The minimum atomic E-state index is -0.927. The van der Waals surface area contributed by atoms with Crippen molar-refractivity contribution in [1.29, 1.82) is 0 Å². The zero-order chi connectivity index (χ0) is 13.2. The van der Waals surface area contributed by atoms with Crippen LogP contribution in [-0.2, 0) is 12.0 Å². The predicted octanol–water partition coefficient (Wildman–Crippen LogP) is 3.26. The zero-order valence-corrected chi connectivity index (χ0v) is 12.5. The standard InChI is InChI=1S/C13H19BrO3/c1-6-8-11(13(2,3)15)9(14)7-10(16-4)12(8)17-5/h7,15H,6H2,1-5H3. The summed E-state index contributed by atoms with van der Waals surface area (Å²) >= 11 is 3.48. The lowest BCUT2D eigenvalue weighted by molar-refractivity contribution is 0.0764. The highest BCUT2D eigenvalue weighted by molar-refractivity contribution is 9.10. The molecule has 0 unspecified atom stereocenters. The molecule has 0 amide bonds. The molecule has 0 aliphatic rings. The molecule has 0 saturated carbocycles. The number of hydrogen-bond donors (Lipinski definition) is 1. The zero-order valence-electron chi connectivity index (χ0n) is 10.9. The summed E-state index contributed by atoms with van der Waals surface area (Å²) in [4.78, 5) is 0. The Bertz CT molecular complexity index is 408. The van der Waals surface area contributed by atoms with E-state index in [1.165, 1.54) is 0 Å². The molecule has 17 heavy (non-hydrogen) atoms. The van der Waals surface area contributed by atoms with Crippen LogP contribution in [0.3, 0.4) is 0 Å². The monoisotopic (exact) mass is 302 g/mol. The van der Waals surface area contributed by atoms with E-state index in [1.807, 2.05) is 13.0 Å². The highest BCUT2D eigenvalue weighted by Gasteiger charge is 2.27. The number of benzene rings is 1. The van der Waals surface area contributed by atoms with Crippen LogP contribution < -0.4 is 9.47 Å². The van der Waals surface area contributed by atoms with Crippen molar-refractivity contribution in [2.24, 2.45) is 0 Å². The van der Waals surface area contributed by atoms with Crippen LogP contribution in [-0.4, -0.2) is 19.3 Å². The molecular weight excluding hydrogens is 284 g/mol. The maximum absolute atomic E-state index is 10.2. The van der Waals surface area contributed by atoms with Gasteiger partial charge >= 0.3 is 0 Å². The first-order valence-corrected chi connectivity index (χ1v) is 6.32. The normalized spacial score (nSPS) is 11.5. The van der Waals surface area contributed by atoms with Crippen LogP contribution in [0.2, 0.25) is 0 Å². The topological polar surface area (TPSA) is 38.7 Å². The van der Waals surface area contributed by atoms with E-state index < -0.39 is 5.60 Å². The number of hydrogen-bond acceptors (Lipinski definition) is 3. The van der Waals surface area contributed by atoms with Gasteiger partial charge in [0.15, 0.2) is 11.5 Å². The van der Waals surface area contributed by atoms with Gasteiger partial charge in [0.05, 0.1) is 19.8 Å². The van der Waals surface area contributed by atoms with E-state index in [1.54, 1.807) is 28.1 Å². The van der Waals surface area contributed by atoms with Crippen LogP contribution in [0, 0.1) is 0 Å². The van der Waals surface area contributed by atoms with Gasteiger partial charge in [-0.05, 0) is 26.3 Å². The first kappa shape index (κ1) is 14.3. The lowest BCUT2D eigenvalue weighted by Gasteiger charge is -2.25. The van der Waals surface area contributed by atoms with Gasteiger partial charge < -0.3 is 14.6 Å². The predicted molar refractivity (Wildman–Crippen MR) is 71.9 cm³/mol. The molecule has 1 N–H and O–H groups in total. The molecule has 4 heteroatoms. The molecule has 0 heterocycles. The molecule has 1 aromatic carbocycles. The Kier molecular flexibility index (Phi) is 4.44. The molecule has 96 valence electrons. The highest BCUT2D eigenvalue weighted by atomic mass is 79.9. The van der Waals surface area contributed by atoms with Crippen molar-refractivity contribution in [3.8, 4) is 11.5 Å². The Morgan fingerprint density at radius 3 is 2.24 bits per heavy atom. The molecule has 1 aromatic rings. The van der Waals surface area contributed by atoms with Crippen LogP contribution in [0.4, 0.5) is 0 Å². The average molecular weight is 303 g/mol. The van der Waals surface area contributed by atoms with Crippen molar-refractivity contribution in [3.63, 3.8) is 0 Å². The van der Waals surface area contributed by atoms with E-state index in [2.05, 4.69) is 15.9 Å². The van der Waals surface area contributed by atoms with Gasteiger partial charge in [-0.15, -0.1) is 0 Å². The van der Waals surface area contributed by atoms with Gasteiger partial charge in [-0.3, -0.25) is 0 Å². The van der Waals surface area contributed by atoms with Crippen LogP contribution in [0.5, 0.6) is 11.5 Å². The molecule has 1 rings (SSSR count). The van der Waals surface area contributed by atoms with Crippen LogP contribution >= 0.6 is 15.9 Å². The van der Waals surface area contributed by atoms with Crippen molar-refractivity contribution in [2.45, 2.75) is 32.8 Å². The largest absolute Gasteiger partial charge is 0.493 e. The summed E-state index contributed by atoms with van der Waals surface area (Å²) in [6.07, 6.45) is 0.762. The fourth-order valence-corrected chi connectivity index (χ4v) is 2.97. The molecule has 0 bridgehead atoms. The number of rotatable bonds is 4. The summed E-state index contributed by atoms with van der Waals surface area (Å²) in [5.41, 5.74) is 0.882. The Morgan fingerprint density at radius 1 is 1.29 bits per heavy atom. The number of halogens is 1. The first-order valence-electron chi connectivity index (χ1n) is 5.53. The lowest BCUT2D eigenvalue weighted by atomic mass is 9.91. The second kappa shape index (κ2) is 5.27. The van der Waals surface area contributed by atoms with E-state index in [9.17, 15) is 5.11 Å². The van der Waals surface area contributed by atoms with Crippen LogP contribution in [0.25, 0.3) is 0 Å². The maximum Gasteiger partial charge on any atom is 0.164 e. The fourth-order valence-electron chi connectivity index (χ4n) is 2.03. The molecule has 0 aromatic heterocycles.